The average molecular weight is 364 g/mol. The SMILES string of the molecule is COCCCNC(=S)NNC(=O)[C@H]1C[C@H]1c1ccc(C(C)(C)C)cc1. The molecular formula is C19H29N3O2S. The summed E-state index contributed by atoms with van der Waals surface area (Å²) in [5.74, 6) is 0.314. The van der Waals surface area contributed by atoms with Crippen molar-refractivity contribution in [3.05, 3.63) is 35.4 Å². The number of carbonyl (C=O) groups excluding carboxylic acids is 1. The van der Waals surface area contributed by atoms with Gasteiger partial charge in [-0.1, -0.05) is 45.0 Å². The number of hydrogen-bond donors (Lipinski definition) is 3. The van der Waals surface area contributed by atoms with Crippen molar-refractivity contribution in [1.29, 1.82) is 0 Å². The number of carbonyl (C=O) groups is 1. The van der Waals surface area contributed by atoms with Crippen LogP contribution in [0.3, 0.4) is 0 Å². The molecule has 2 atom stereocenters. The highest BCUT2D eigenvalue weighted by Crippen LogP contribution is 2.47. The number of amides is 1. The van der Waals surface area contributed by atoms with E-state index in [1.54, 1.807) is 7.11 Å². The fourth-order valence-electron chi connectivity index (χ4n) is 2.76. The van der Waals surface area contributed by atoms with Gasteiger partial charge in [-0.25, -0.2) is 0 Å². The molecular weight excluding hydrogens is 334 g/mol. The first-order valence-electron chi connectivity index (χ1n) is 8.76. The number of hydrazine groups is 1. The highest BCUT2D eigenvalue weighted by Gasteiger charge is 2.44. The zero-order chi connectivity index (χ0) is 18.4. The van der Waals surface area contributed by atoms with Crippen LogP contribution >= 0.6 is 12.2 Å². The van der Waals surface area contributed by atoms with Crippen molar-refractivity contribution in [2.45, 2.75) is 44.9 Å². The molecule has 5 nitrogen and oxygen atoms in total. The van der Waals surface area contributed by atoms with E-state index < -0.39 is 0 Å². The summed E-state index contributed by atoms with van der Waals surface area (Å²) in [6.07, 6.45) is 1.75. The van der Waals surface area contributed by atoms with Crippen LogP contribution in [0.25, 0.3) is 0 Å². The zero-order valence-electron chi connectivity index (χ0n) is 15.5. The Labute approximate surface area is 155 Å². The van der Waals surface area contributed by atoms with E-state index in [0.29, 0.717) is 24.2 Å². The summed E-state index contributed by atoms with van der Waals surface area (Å²) in [5, 5.41) is 3.45. The maximum absolute atomic E-state index is 12.2. The number of ether oxygens (including phenoxy) is 1. The van der Waals surface area contributed by atoms with E-state index >= 15 is 0 Å². The van der Waals surface area contributed by atoms with E-state index in [1.165, 1.54) is 11.1 Å². The monoisotopic (exact) mass is 363 g/mol. The van der Waals surface area contributed by atoms with Crippen molar-refractivity contribution >= 4 is 23.2 Å². The smallest absolute Gasteiger partial charge is 0.242 e. The van der Waals surface area contributed by atoms with E-state index in [2.05, 4.69) is 61.2 Å². The lowest BCUT2D eigenvalue weighted by molar-refractivity contribution is -0.122. The molecule has 1 aromatic rings. The van der Waals surface area contributed by atoms with Crippen LogP contribution in [0.15, 0.2) is 24.3 Å². The van der Waals surface area contributed by atoms with Gasteiger partial charge in [-0.2, -0.15) is 0 Å². The summed E-state index contributed by atoms with van der Waals surface area (Å²) in [6, 6.07) is 8.63. The van der Waals surface area contributed by atoms with Gasteiger partial charge in [0.1, 0.15) is 0 Å². The molecule has 0 saturated heterocycles. The molecule has 6 heteroatoms. The van der Waals surface area contributed by atoms with Crippen LogP contribution in [0, 0.1) is 5.92 Å². The highest BCUT2D eigenvalue weighted by atomic mass is 32.1. The first-order chi connectivity index (χ1) is 11.8. The van der Waals surface area contributed by atoms with Crippen molar-refractivity contribution in [1.82, 2.24) is 16.2 Å². The molecule has 0 aromatic heterocycles. The van der Waals surface area contributed by atoms with E-state index in [1.807, 2.05) is 0 Å². The Balaban J connectivity index is 1.73. The lowest BCUT2D eigenvalue weighted by Gasteiger charge is -2.19. The van der Waals surface area contributed by atoms with Crippen LogP contribution in [0.5, 0.6) is 0 Å². The average Bonchev–Trinajstić information content (AvgIpc) is 3.37. The van der Waals surface area contributed by atoms with Crippen LogP contribution in [-0.4, -0.2) is 31.3 Å². The zero-order valence-corrected chi connectivity index (χ0v) is 16.3. The minimum absolute atomic E-state index is 0.00839. The summed E-state index contributed by atoms with van der Waals surface area (Å²) in [4.78, 5) is 12.2. The maximum Gasteiger partial charge on any atom is 0.242 e. The number of hydrogen-bond acceptors (Lipinski definition) is 3. The molecule has 25 heavy (non-hydrogen) atoms. The van der Waals surface area contributed by atoms with E-state index in [9.17, 15) is 4.79 Å². The number of nitrogens with one attached hydrogen (secondary N) is 3. The molecule has 1 fully saturated rings. The molecule has 1 saturated carbocycles. The van der Waals surface area contributed by atoms with Crippen LogP contribution in [0.4, 0.5) is 0 Å². The molecule has 3 N–H and O–H groups in total. The van der Waals surface area contributed by atoms with Crippen LogP contribution < -0.4 is 16.2 Å². The molecule has 0 spiro atoms. The fourth-order valence-corrected chi connectivity index (χ4v) is 2.91. The minimum Gasteiger partial charge on any atom is -0.385 e. The summed E-state index contributed by atoms with van der Waals surface area (Å²) in [6.45, 7) is 8.00. The van der Waals surface area contributed by atoms with Gasteiger partial charge in [0.2, 0.25) is 5.91 Å². The Morgan fingerprint density at radius 1 is 1.24 bits per heavy atom. The number of thiocarbonyl (C=S) groups is 1. The van der Waals surface area contributed by atoms with Gasteiger partial charge in [0.15, 0.2) is 5.11 Å². The lowest BCUT2D eigenvalue weighted by atomic mass is 9.86. The number of benzene rings is 1. The number of methoxy groups -OCH3 is 1. The quantitative estimate of drug-likeness (QED) is 0.412. The third kappa shape index (κ3) is 5.97. The second-order valence-electron chi connectivity index (χ2n) is 7.54. The normalized spacial score (nSPS) is 19.2. The van der Waals surface area contributed by atoms with Gasteiger partial charge in [-0.3, -0.25) is 15.6 Å². The summed E-state index contributed by atoms with van der Waals surface area (Å²) >= 11 is 5.12. The molecule has 0 heterocycles. The fraction of sp³-hybridized carbons (Fsp3) is 0.579. The first-order valence-corrected chi connectivity index (χ1v) is 9.17. The largest absolute Gasteiger partial charge is 0.385 e. The van der Waals surface area contributed by atoms with E-state index in [4.69, 9.17) is 17.0 Å². The van der Waals surface area contributed by atoms with Crippen molar-refractivity contribution in [3.63, 3.8) is 0 Å². The van der Waals surface area contributed by atoms with Crippen molar-refractivity contribution in [2.75, 3.05) is 20.3 Å². The Bertz CT molecular complexity index is 596. The second-order valence-corrected chi connectivity index (χ2v) is 7.95. The van der Waals surface area contributed by atoms with Crippen LogP contribution in [0.2, 0.25) is 0 Å². The predicted molar refractivity (Wildman–Crippen MR) is 104 cm³/mol. The molecule has 1 aliphatic rings. The third-order valence-electron chi connectivity index (χ3n) is 4.44. The highest BCUT2D eigenvalue weighted by molar-refractivity contribution is 7.80. The van der Waals surface area contributed by atoms with Crippen molar-refractivity contribution in [3.8, 4) is 0 Å². The molecule has 138 valence electrons. The van der Waals surface area contributed by atoms with Crippen molar-refractivity contribution < 1.29 is 9.53 Å². The molecule has 2 rings (SSSR count). The molecule has 0 radical (unpaired) electrons. The Morgan fingerprint density at radius 2 is 1.92 bits per heavy atom. The Hall–Kier alpha value is -1.66. The van der Waals surface area contributed by atoms with Gasteiger partial charge in [0, 0.05) is 26.2 Å². The van der Waals surface area contributed by atoms with Gasteiger partial charge >= 0.3 is 0 Å². The second kappa shape index (κ2) is 8.63. The minimum atomic E-state index is -0.00839. The maximum atomic E-state index is 12.2. The first kappa shape index (κ1) is 19.7. The van der Waals surface area contributed by atoms with E-state index in [0.717, 1.165) is 12.8 Å². The van der Waals surface area contributed by atoms with Gasteiger partial charge < -0.3 is 10.1 Å². The Morgan fingerprint density at radius 3 is 2.52 bits per heavy atom. The molecule has 0 unspecified atom stereocenters. The summed E-state index contributed by atoms with van der Waals surface area (Å²) in [5.41, 5.74) is 8.15. The molecule has 0 aliphatic heterocycles. The molecule has 1 amide bonds. The predicted octanol–water partition coefficient (Wildman–Crippen LogP) is 2.62. The standard InChI is InChI=1S/C19H29N3O2S/c1-19(2,3)14-8-6-13(7-9-14)15-12-16(15)17(23)21-22-18(25)20-10-5-11-24-4/h6-9,15-16H,5,10-12H2,1-4H3,(H,21,23)(H2,20,22,25)/t15-,16-/m0/s1. The lowest BCUT2D eigenvalue weighted by Crippen LogP contribution is -2.47. The number of rotatable bonds is 6. The Kier molecular flexibility index (Phi) is 6.79. The topological polar surface area (TPSA) is 62.4 Å². The van der Waals surface area contributed by atoms with Crippen LogP contribution in [-0.2, 0) is 14.9 Å². The summed E-state index contributed by atoms with van der Waals surface area (Å²) < 4.78 is 4.97. The van der Waals surface area contributed by atoms with Gasteiger partial charge in [0.05, 0.1) is 0 Å². The molecule has 1 aliphatic carbocycles. The van der Waals surface area contributed by atoms with Gasteiger partial charge in [0.25, 0.3) is 0 Å². The third-order valence-corrected chi connectivity index (χ3v) is 4.69. The van der Waals surface area contributed by atoms with Gasteiger partial charge in [-0.05, 0) is 47.5 Å². The molecule has 0 bridgehead atoms. The molecule has 1 aromatic carbocycles. The van der Waals surface area contributed by atoms with Crippen LogP contribution in [0.1, 0.15) is 50.7 Å². The van der Waals surface area contributed by atoms with Gasteiger partial charge in [-0.15, -0.1) is 0 Å². The van der Waals surface area contributed by atoms with Crippen molar-refractivity contribution in [2.24, 2.45) is 5.92 Å². The van der Waals surface area contributed by atoms with E-state index in [-0.39, 0.29) is 17.2 Å². The summed E-state index contributed by atoms with van der Waals surface area (Å²) in [7, 11) is 1.67.